The number of hydrogen-bond acceptors (Lipinski definition) is 2. The topological polar surface area (TPSA) is 20.2 Å². The number of aliphatic hydroxyl groups is 1. The predicted octanol–water partition coefficient (Wildman–Crippen LogP) is 2.56. The van der Waals surface area contributed by atoms with E-state index in [9.17, 15) is 4.39 Å². The Hall–Kier alpha value is -0.250. The van der Waals surface area contributed by atoms with E-state index in [2.05, 4.69) is 0 Å². The number of aliphatic hydroxyl groups excluding tert-OH is 1. The van der Waals surface area contributed by atoms with Crippen LogP contribution in [0.2, 0.25) is 5.02 Å². The summed E-state index contributed by atoms with van der Waals surface area (Å²) < 4.78 is 12.7. The number of halogens is 2. The van der Waals surface area contributed by atoms with Crippen LogP contribution in [0.4, 0.5) is 4.39 Å². The van der Waals surface area contributed by atoms with Crippen molar-refractivity contribution in [3.63, 3.8) is 0 Å². The lowest BCUT2D eigenvalue weighted by Crippen LogP contribution is -1.86. The van der Waals surface area contributed by atoms with Gasteiger partial charge in [0.25, 0.3) is 0 Å². The normalized spacial score (nSPS) is 10.2. The second-order valence-electron chi connectivity index (χ2n) is 2.18. The molecule has 1 nitrogen and oxygen atoms in total. The van der Waals surface area contributed by atoms with E-state index in [1.807, 2.05) is 0 Å². The van der Waals surface area contributed by atoms with E-state index in [0.29, 0.717) is 10.8 Å². The number of benzene rings is 1. The van der Waals surface area contributed by atoms with Gasteiger partial charge in [-0.1, -0.05) is 11.6 Å². The van der Waals surface area contributed by atoms with E-state index in [1.54, 1.807) is 6.07 Å². The molecular weight excluding hydrogens is 199 g/mol. The Morgan fingerprint density at radius 1 is 1.42 bits per heavy atom. The van der Waals surface area contributed by atoms with Crippen LogP contribution in [-0.2, 0) is 0 Å². The molecule has 0 saturated heterocycles. The highest BCUT2D eigenvalue weighted by Gasteiger charge is 1.98. The van der Waals surface area contributed by atoms with E-state index in [1.165, 1.54) is 23.9 Å². The van der Waals surface area contributed by atoms with Crippen molar-refractivity contribution >= 4 is 23.4 Å². The molecule has 0 aliphatic carbocycles. The van der Waals surface area contributed by atoms with Gasteiger partial charge in [-0.2, -0.15) is 0 Å². The molecule has 0 unspecified atom stereocenters. The lowest BCUT2D eigenvalue weighted by molar-refractivity contribution is 0.322. The van der Waals surface area contributed by atoms with Crippen LogP contribution in [0.15, 0.2) is 23.1 Å². The summed E-state index contributed by atoms with van der Waals surface area (Å²) >= 11 is 6.99. The van der Waals surface area contributed by atoms with Gasteiger partial charge in [-0.05, 0) is 18.2 Å². The summed E-state index contributed by atoms with van der Waals surface area (Å²) in [6.45, 7) is 0.0821. The fourth-order valence-corrected chi connectivity index (χ4v) is 1.80. The van der Waals surface area contributed by atoms with Gasteiger partial charge in [0, 0.05) is 15.7 Å². The molecule has 0 aliphatic heterocycles. The number of thioether (sulfide) groups is 1. The molecule has 1 rings (SSSR count). The van der Waals surface area contributed by atoms with E-state index >= 15 is 0 Å². The number of hydrogen-bond donors (Lipinski definition) is 1. The zero-order chi connectivity index (χ0) is 8.97. The van der Waals surface area contributed by atoms with Crippen LogP contribution in [0, 0.1) is 5.82 Å². The molecule has 0 bridgehead atoms. The van der Waals surface area contributed by atoms with Crippen molar-refractivity contribution in [3.8, 4) is 0 Å². The SMILES string of the molecule is OCCSc1cc(F)cc(Cl)c1. The van der Waals surface area contributed by atoms with Gasteiger partial charge in [-0.15, -0.1) is 11.8 Å². The number of rotatable bonds is 3. The lowest BCUT2D eigenvalue weighted by atomic mass is 10.3. The van der Waals surface area contributed by atoms with Crippen LogP contribution >= 0.6 is 23.4 Å². The van der Waals surface area contributed by atoms with E-state index < -0.39 is 0 Å². The lowest BCUT2D eigenvalue weighted by Gasteiger charge is -1.99. The monoisotopic (exact) mass is 206 g/mol. The zero-order valence-corrected chi connectivity index (χ0v) is 7.83. The van der Waals surface area contributed by atoms with Gasteiger partial charge >= 0.3 is 0 Å². The van der Waals surface area contributed by atoms with Crippen LogP contribution in [0.25, 0.3) is 0 Å². The fraction of sp³-hybridized carbons (Fsp3) is 0.250. The van der Waals surface area contributed by atoms with Crippen LogP contribution in [0.3, 0.4) is 0 Å². The van der Waals surface area contributed by atoms with Gasteiger partial charge in [-0.3, -0.25) is 0 Å². The summed E-state index contributed by atoms with van der Waals surface area (Å²) in [5.41, 5.74) is 0. The molecule has 1 aromatic rings. The third kappa shape index (κ3) is 3.01. The summed E-state index contributed by atoms with van der Waals surface area (Å²) in [5, 5.41) is 8.90. The first-order chi connectivity index (χ1) is 5.72. The van der Waals surface area contributed by atoms with Crippen molar-refractivity contribution in [2.24, 2.45) is 0 Å². The van der Waals surface area contributed by atoms with Crippen molar-refractivity contribution in [2.75, 3.05) is 12.4 Å². The Labute approximate surface area is 79.5 Å². The third-order valence-electron chi connectivity index (χ3n) is 1.20. The van der Waals surface area contributed by atoms with Crippen LogP contribution in [0.5, 0.6) is 0 Å². The average Bonchev–Trinajstić information content (AvgIpc) is 1.99. The van der Waals surface area contributed by atoms with E-state index in [-0.39, 0.29) is 12.4 Å². The van der Waals surface area contributed by atoms with Gasteiger partial charge in [0.05, 0.1) is 6.61 Å². The highest BCUT2D eigenvalue weighted by molar-refractivity contribution is 7.99. The summed E-state index contributed by atoms with van der Waals surface area (Å²) in [6, 6.07) is 4.32. The van der Waals surface area contributed by atoms with Gasteiger partial charge in [0.1, 0.15) is 5.82 Å². The quantitative estimate of drug-likeness (QED) is 0.768. The Morgan fingerprint density at radius 2 is 2.17 bits per heavy atom. The zero-order valence-electron chi connectivity index (χ0n) is 6.26. The third-order valence-corrected chi connectivity index (χ3v) is 2.37. The van der Waals surface area contributed by atoms with Gasteiger partial charge < -0.3 is 5.11 Å². The first-order valence-corrected chi connectivity index (χ1v) is 4.78. The molecule has 0 spiro atoms. The minimum atomic E-state index is -0.345. The first kappa shape index (κ1) is 9.84. The van der Waals surface area contributed by atoms with Gasteiger partial charge in [0.2, 0.25) is 0 Å². The first-order valence-electron chi connectivity index (χ1n) is 3.42. The Morgan fingerprint density at radius 3 is 2.75 bits per heavy atom. The van der Waals surface area contributed by atoms with Crippen LogP contribution in [-0.4, -0.2) is 17.5 Å². The van der Waals surface area contributed by atoms with Crippen LogP contribution in [0.1, 0.15) is 0 Å². The summed E-state index contributed by atoms with van der Waals surface area (Å²) in [5.74, 6) is 0.211. The molecular formula is C8H8ClFOS. The smallest absolute Gasteiger partial charge is 0.125 e. The molecule has 0 heterocycles. The molecule has 0 aromatic heterocycles. The molecule has 0 radical (unpaired) electrons. The Bertz CT molecular complexity index is 247. The highest BCUT2D eigenvalue weighted by Crippen LogP contribution is 2.22. The van der Waals surface area contributed by atoms with Crippen molar-refractivity contribution < 1.29 is 9.50 Å². The molecule has 0 saturated carbocycles. The molecule has 0 fully saturated rings. The van der Waals surface area contributed by atoms with Crippen molar-refractivity contribution in [2.45, 2.75) is 4.90 Å². The second-order valence-corrected chi connectivity index (χ2v) is 3.78. The molecule has 66 valence electrons. The molecule has 1 aromatic carbocycles. The molecule has 4 heteroatoms. The van der Waals surface area contributed by atoms with Crippen LogP contribution < -0.4 is 0 Å². The largest absolute Gasteiger partial charge is 0.396 e. The maximum atomic E-state index is 12.7. The predicted molar refractivity (Wildman–Crippen MR) is 49.2 cm³/mol. The Kier molecular flexibility index (Phi) is 3.85. The Balaban J connectivity index is 2.72. The van der Waals surface area contributed by atoms with Crippen molar-refractivity contribution in [3.05, 3.63) is 29.0 Å². The molecule has 0 aliphatic rings. The summed E-state index contributed by atoms with van der Waals surface area (Å²) in [4.78, 5) is 0.744. The molecule has 1 N–H and O–H groups in total. The fourth-order valence-electron chi connectivity index (χ4n) is 0.775. The molecule has 12 heavy (non-hydrogen) atoms. The van der Waals surface area contributed by atoms with Crippen molar-refractivity contribution in [1.82, 2.24) is 0 Å². The second kappa shape index (κ2) is 4.70. The minimum Gasteiger partial charge on any atom is -0.396 e. The summed E-state index contributed by atoms with van der Waals surface area (Å²) in [7, 11) is 0. The maximum Gasteiger partial charge on any atom is 0.125 e. The van der Waals surface area contributed by atoms with E-state index in [0.717, 1.165) is 4.90 Å². The summed E-state index contributed by atoms with van der Waals surface area (Å²) in [6.07, 6.45) is 0. The van der Waals surface area contributed by atoms with Crippen molar-refractivity contribution in [1.29, 1.82) is 0 Å². The van der Waals surface area contributed by atoms with Gasteiger partial charge in [-0.25, -0.2) is 4.39 Å². The highest BCUT2D eigenvalue weighted by atomic mass is 35.5. The standard InChI is InChI=1S/C8H8ClFOS/c9-6-3-7(10)5-8(4-6)12-2-1-11/h3-5,11H,1-2H2. The van der Waals surface area contributed by atoms with E-state index in [4.69, 9.17) is 16.7 Å². The maximum absolute atomic E-state index is 12.7. The average molecular weight is 207 g/mol. The molecule has 0 atom stereocenters. The minimum absolute atomic E-state index is 0.0821. The van der Waals surface area contributed by atoms with Gasteiger partial charge in [0.15, 0.2) is 0 Å². The molecule has 0 amide bonds.